The Balaban J connectivity index is 1.47. The van der Waals surface area contributed by atoms with Crippen LogP contribution in [-0.4, -0.2) is 50.1 Å². The number of hydrogen-bond acceptors (Lipinski definition) is 3. The van der Waals surface area contributed by atoms with E-state index in [4.69, 9.17) is 0 Å². The smallest absolute Gasteiger partial charge is 0.219 e. The fourth-order valence-electron chi connectivity index (χ4n) is 2.61. The number of hydrogen-bond donors (Lipinski definition) is 2. The zero-order valence-electron chi connectivity index (χ0n) is 10.9. The number of carbonyl (C=O) groups excluding carboxylic acids is 1. The van der Waals surface area contributed by atoms with Crippen LogP contribution in [0.15, 0.2) is 0 Å². The van der Waals surface area contributed by atoms with Gasteiger partial charge in [-0.05, 0) is 51.2 Å². The average molecular weight is 239 g/mol. The highest BCUT2D eigenvalue weighted by molar-refractivity contribution is 5.75. The molecule has 2 aliphatic rings. The van der Waals surface area contributed by atoms with Crippen molar-refractivity contribution in [1.29, 1.82) is 0 Å². The van der Waals surface area contributed by atoms with Gasteiger partial charge in [-0.1, -0.05) is 0 Å². The first-order valence-electron chi connectivity index (χ1n) is 6.95. The van der Waals surface area contributed by atoms with Crippen LogP contribution in [0.3, 0.4) is 0 Å². The lowest BCUT2D eigenvalue weighted by Crippen LogP contribution is -2.28. The summed E-state index contributed by atoms with van der Waals surface area (Å²) < 4.78 is 0. The van der Waals surface area contributed by atoms with Gasteiger partial charge in [0.1, 0.15) is 0 Å². The second kappa shape index (κ2) is 6.36. The Hall–Kier alpha value is -0.610. The van der Waals surface area contributed by atoms with Gasteiger partial charge < -0.3 is 15.5 Å². The van der Waals surface area contributed by atoms with Gasteiger partial charge in [0.2, 0.25) is 5.91 Å². The van der Waals surface area contributed by atoms with Crippen LogP contribution in [0.5, 0.6) is 0 Å². The molecule has 0 radical (unpaired) electrons. The molecule has 17 heavy (non-hydrogen) atoms. The van der Waals surface area contributed by atoms with Crippen LogP contribution in [0.25, 0.3) is 0 Å². The molecule has 1 atom stereocenters. The third-order valence-corrected chi connectivity index (χ3v) is 3.85. The highest BCUT2D eigenvalue weighted by Gasteiger charge is 2.33. The summed E-state index contributed by atoms with van der Waals surface area (Å²) in [7, 11) is 1.70. The van der Waals surface area contributed by atoms with Crippen LogP contribution in [0.2, 0.25) is 0 Å². The highest BCUT2D eigenvalue weighted by atomic mass is 16.1. The zero-order chi connectivity index (χ0) is 12.1. The van der Waals surface area contributed by atoms with E-state index in [1.165, 1.54) is 32.4 Å². The monoisotopic (exact) mass is 239 g/mol. The molecular weight excluding hydrogens is 214 g/mol. The summed E-state index contributed by atoms with van der Waals surface area (Å²) in [6.45, 7) is 4.67. The van der Waals surface area contributed by atoms with Crippen LogP contribution in [0.4, 0.5) is 0 Å². The third-order valence-electron chi connectivity index (χ3n) is 3.85. The van der Waals surface area contributed by atoms with Gasteiger partial charge in [0.15, 0.2) is 0 Å². The summed E-state index contributed by atoms with van der Waals surface area (Å²) in [5, 5.41) is 6.13. The molecule has 0 aromatic carbocycles. The first-order chi connectivity index (χ1) is 8.29. The number of amides is 1. The zero-order valence-corrected chi connectivity index (χ0v) is 10.9. The largest absolute Gasteiger partial charge is 0.359 e. The Morgan fingerprint density at radius 1 is 1.35 bits per heavy atom. The molecule has 98 valence electrons. The van der Waals surface area contributed by atoms with Gasteiger partial charge in [-0.15, -0.1) is 0 Å². The van der Waals surface area contributed by atoms with Crippen molar-refractivity contribution in [3.05, 3.63) is 0 Å². The van der Waals surface area contributed by atoms with Crippen LogP contribution < -0.4 is 10.6 Å². The molecule has 2 fully saturated rings. The molecule has 4 nitrogen and oxygen atoms in total. The Morgan fingerprint density at radius 2 is 2.18 bits per heavy atom. The summed E-state index contributed by atoms with van der Waals surface area (Å²) >= 11 is 0. The summed E-state index contributed by atoms with van der Waals surface area (Å²) in [6, 6.07) is 0.924. The maximum atomic E-state index is 11.0. The van der Waals surface area contributed by atoms with Gasteiger partial charge in [-0.2, -0.15) is 0 Å². The molecule has 0 bridgehead atoms. The number of likely N-dealkylation sites (tertiary alicyclic amines) is 1. The molecule has 0 aromatic rings. The second-order valence-electron chi connectivity index (χ2n) is 5.36. The van der Waals surface area contributed by atoms with Crippen molar-refractivity contribution < 1.29 is 4.79 Å². The molecule has 1 heterocycles. The average Bonchev–Trinajstić information content (AvgIpc) is 3.09. The van der Waals surface area contributed by atoms with E-state index in [0.29, 0.717) is 6.42 Å². The normalized spacial score (nSPS) is 25.1. The number of carbonyl (C=O) groups is 1. The second-order valence-corrected chi connectivity index (χ2v) is 5.36. The van der Waals surface area contributed by atoms with E-state index in [1.54, 1.807) is 7.05 Å². The standard InChI is InChI=1S/C13H25N3O/c1-14-13(17)3-2-7-15-9-11-6-8-16(10-11)12-4-5-12/h11-12,15H,2-10H2,1H3,(H,14,17). The third kappa shape index (κ3) is 4.28. The van der Waals surface area contributed by atoms with Gasteiger partial charge in [0.05, 0.1) is 0 Å². The fourth-order valence-corrected chi connectivity index (χ4v) is 2.61. The first-order valence-corrected chi connectivity index (χ1v) is 6.95. The number of nitrogens with zero attached hydrogens (tertiary/aromatic N) is 1. The topological polar surface area (TPSA) is 44.4 Å². The molecule has 1 saturated carbocycles. The van der Waals surface area contributed by atoms with Crippen molar-refractivity contribution in [2.45, 2.75) is 38.1 Å². The van der Waals surface area contributed by atoms with E-state index < -0.39 is 0 Å². The van der Waals surface area contributed by atoms with E-state index in [-0.39, 0.29) is 5.91 Å². The molecule has 1 aliphatic carbocycles. The highest BCUT2D eigenvalue weighted by Crippen LogP contribution is 2.31. The lowest BCUT2D eigenvalue weighted by molar-refractivity contribution is -0.120. The van der Waals surface area contributed by atoms with Crippen LogP contribution in [-0.2, 0) is 4.79 Å². The van der Waals surface area contributed by atoms with E-state index in [2.05, 4.69) is 15.5 Å². The molecule has 0 aromatic heterocycles. The summed E-state index contributed by atoms with van der Waals surface area (Å²) in [5.41, 5.74) is 0. The van der Waals surface area contributed by atoms with Crippen molar-refractivity contribution in [3.63, 3.8) is 0 Å². The van der Waals surface area contributed by atoms with Gasteiger partial charge in [-0.25, -0.2) is 0 Å². The lowest BCUT2D eigenvalue weighted by Gasteiger charge is -2.15. The molecule has 1 unspecified atom stereocenters. The minimum absolute atomic E-state index is 0.146. The number of nitrogens with one attached hydrogen (secondary N) is 2. The Bertz CT molecular complexity index is 253. The maximum absolute atomic E-state index is 11.0. The van der Waals surface area contributed by atoms with Crippen LogP contribution in [0.1, 0.15) is 32.1 Å². The molecule has 1 saturated heterocycles. The molecule has 2 rings (SSSR count). The van der Waals surface area contributed by atoms with Crippen molar-refractivity contribution in [2.24, 2.45) is 5.92 Å². The Kier molecular flexibility index (Phi) is 4.80. The lowest BCUT2D eigenvalue weighted by atomic mass is 10.1. The van der Waals surface area contributed by atoms with Crippen molar-refractivity contribution in [3.8, 4) is 0 Å². The van der Waals surface area contributed by atoms with Gasteiger partial charge in [0, 0.05) is 26.1 Å². The minimum atomic E-state index is 0.146. The van der Waals surface area contributed by atoms with Gasteiger partial charge in [0.25, 0.3) is 0 Å². The fraction of sp³-hybridized carbons (Fsp3) is 0.923. The quantitative estimate of drug-likeness (QED) is 0.639. The molecule has 1 aliphatic heterocycles. The minimum Gasteiger partial charge on any atom is -0.359 e. The van der Waals surface area contributed by atoms with Crippen molar-refractivity contribution >= 4 is 5.91 Å². The van der Waals surface area contributed by atoms with Crippen LogP contribution in [0, 0.1) is 5.92 Å². The predicted octanol–water partition coefficient (Wildman–Crippen LogP) is 0.587. The number of rotatable bonds is 7. The Morgan fingerprint density at radius 3 is 2.88 bits per heavy atom. The SMILES string of the molecule is CNC(=O)CCCNCC1CCN(C2CC2)C1. The Labute approximate surface area is 104 Å². The molecule has 0 spiro atoms. The van der Waals surface area contributed by atoms with Crippen molar-refractivity contribution in [2.75, 3.05) is 33.2 Å². The van der Waals surface area contributed by atoms with Gasteiger partial charge in [-0.3, -0.25) is 4.79 Å². The molecule has 2 N–H and O–H groups in total. The molecular formula is C13H25N3O. The van der Waals surface area contributed by atoms with E-state index >= 15 is 0 Å². The summed E-state index contributed by atoms with van der Waals surface area (Å²) in [6.07, 6.45) is 5.78. The van der Waals surface area contributed by atoms with E-state index in [0.717, 1.165) is 31.5 Å². The van der Waals surface area contributed by atoms with E-state index in [1.807, 2.05) is 0 Å². The van der Waals surface area contributed by atoms with Crippen LogP contribution >= 0.6 is 0 Å². The molecule has 1 amide bonds. The predicted molar refractivity (Wildman–Crippen MR) is 68.9 cm³/mol. The molecule has 4 heteroatoms. The van der Waals surface area contributed by atoms with Crippen molar-refractivity contribution in [1.82, 2.24) is 15.5 Å². The summed E-state index contributed by atoms with van der Waals surface area (Å²) in [5.74, 6) is 0.975. The van der Waals surface area contributed by atoms with E-state index in [9.17, 15) is 4.79 Å². The first kappa shape index (κ1) is 12.8. The van der Waals surface area contributed by atoms with Gasteiger partial charge >= 0.3 is 0 Å². The maximum Gasteiger partial charge on any atom is 0.219 e. The summed E-state index contributed by atoms with van der Waals surface area (Å²) in [4.78, 5) is 13.7.